The Morgan fingerprint density at radius 2 is 1.66 bits per heavy atom. The molecule has 3 aromatic rings. The molecular formula is C23H25N3O5S. The SMILES string of the molecule is COc1cc(C(=O)NCC(=O)Nc2ncc(Cc3ccc(C)cc3)s2)cc(OC)c1OC. The van der Waals surface area contributed by atoms with Crippen LogP contribution in [-0.4, -0.2) is 44.7 Å². The van der Waals surface area contributed by atoms with Gasteiger partial charge in [0.2, 0.25) is 11.7 Å². The van der Waals surface area contributed by atoms with Crippen molar-refractivity contribution in [3.8, 4) is 17.2 Å². The van der Waals surface area contributed by atoms with Crippen LogP contribution in [0.1, 0.15) is 26.4 Å². The number of anilines is 1. The second kappa shape index (κ2) is 10.6. The van der Waals surface area contributed by atoms with Crippen LogP contribution in [0.5, 0.6) is 17.2 Å². The van der Waals surface area contributed by atoms with E-state index in [-0.39, 0.29) is 18.0 Å². The number of amides is 2. The van der Waals surface area contributed by atoms with Crippen LogP contribution in [0.15, 0.2) is 42.6 Å². The van der Waals surface area contributed by atoms with Crippen LogP contribution in [0.3, 0.4) is 0 Å². The van der Waals surface area contributed by atoms with Gasteiger partial charge in [-0.25, -0.2) is 4.98 Å². The number of ether oxygens (including phenoxy) is 3. The summed E-state index contributed by atoms with van der Waals surface area (Å²) in [5, 5.41) is 5.78. The molecule has 0 saturated heterocycles. The Balaban J connectivity index is 1.56. The second-order valence-corrected chi connectivity index (χ2v) is 8.05. The van der Waals surface area contributed by atoms with E-state index in [1.54, 1.807) is 6.20 Å². The molecule has 0 saturated carbocycles. The normalized spacial score (nSPS) is 10.4. The van der Waals surface area contributed by atoms with Gasteiger partial charge in [-0.2, -0.15) is 0 Å². The van der Waals surface area contributed by atoms with Crippen LogP contribution in [0, 0.1) is 6.92 Å². The average molecular weight is 456 g/mol. The highest BCUT2D eigenvalue weighted by atomic mass is 32.1. The minimum absolute atomic E-state index is 0.206. The number of benzene rings is 2. The number of thiazole rings is 1. The van der Waals surface area contributed by atoms with E-state index in [1.807, 2.05) is 6.92 Å². The first kappa shape index (κ1) is 23.1. The van der Waals surface area contributed by atoms with Gasteiger partial charge in [-0.1, -0.05) is 29.8 Å². The molecule has 0 atom stereocenters. The van der Waals surface area contributed by atoms with Gasteiger partial charge in [-0.05, 0) is 24.6 Å². The monoisotopic (exact) mass is 455 g/mol. The molecule has 1 heterocycles. The molecule has 2 amide bonds. The van der Waals surface area contributed by atoms with Crippen LogP contribution in [0.25, 0.3) is 0 Å². The highest BCUT2D eigenvalue weighted by molar-refractivity contribution is 7.15. The van der Waals surface area contributed by atoms with Crippen LogP contribution in [0.4, 0.5) is 5.13 Å². The topological polar surface area (TPSA) is 98.8 Å². The molecule has 9 heteroatoms. The number of methoxy groups -OCH3 is 3. The standard InChI is InChI=1S/C23H25N3O5S/c1-14-5-7-15(8-6-14)9-17-12-25-23(32-17)26-20(27)13-24-22(28)16-10-18(29-2)21(31-4)19(11-16)30-3/h5-8,10-12H,9,13H2,1-4H3,(H,24,28)(H,25,26,27). The first-order chi connectivity index (χ1) is 15.4. The number of carbonyl (C=O) groups excluding carboxylic acids is 2. The van der Waals surface area contributed by atoms with Gasteiger partial charge < -0.3 is 24.8 Å². The molecular weight excluding hydrogens is 430 g/mol. The lowest BCUT2D eigenvalue weighted by atomic mass is 10.1. The predicted molar refractivity (Wildman–Crippen MR) is 123 cm³/mol. The van der Waals surface area contributed by atoms with Gasteiger partial charge >= 0.3 is 0 Å². The third-order valence-corrected chi connectivity index (χ3v) is 5.55. The fourth-order valence-corrected chi connectivity index (χ4v) is 3.86. The number of aryl methyl sites for hydroxylation is 1. The molecule has 2 aromatic carbocycles. The summed E-state index contributed by atoms with van der Waals surface area (Å²) in [5.74, 6) is 0.269. The summed E-state index contributed by atoms with van der Waals surface area (Å²) in [6.45, 7) is 1.84. The molecule has 0 fully saturated rings. The Morgan fingerprint density at radius 3 is 2.25 bits per heavy atom. The largest absolute Gasteiger partial charge is 0.493 e. The maximum Gasteiger partial charge on any atom is 0.251 e. The molecule has 168 valence electrons. The zero-order valence-corrected chi connectivity index (χ0v) is 19.2. The minimum atomic E-state index is -0.446. The molecule has 8 nitrogen and oxygen atoms in total. The van der Waals surface area contributed by atoms with E-state index in [1.165, 1.54) is 55.9 Å². The lowest BCUT2D eigenvalue weighted by Gasteiger charge is -2.14. The number of rotatable bonds is 9. The van der Waals surface area contributed by atoms with E-state index in [4.69, 9.17) is 14.2 Å². The predicted octanol–water partition coefficient (Wildman–Crippen LogP) is 3.44. The van der Waals surface area contributed by atoms with E-state index in [0.29, 0.717) is 22.4 Å². The summed E-state index contributed by atoms with van der Waals surface area (Å²) in [4.78, 5) is 30.1. The van der Waals surface area contributed by atoms with Crippen LogP contribution in [0.2, 0.25) is 0 Å². The van der Waals surface area contributed by atoms with Crippen molar-refractivity contribution in [2.24, 2.45) is 0 Å². The Morgan fingerprint density at radius 1 is 1.00 bits per heavy atom. The van der Waals surface area contributed by atoms with Crippen LogP contribution < -0.4 is 24.8 Å². The Bertz CT molecular complexity index is 1070. The molecule has 0 bridgehead atoms. The van der Waals surface area contributed by atoms with Gasteiger partial charge in [0.25, 0.3) is 5.91 Å². The number of carbonyl (C=O) groups is 2. The fourth-order valence-electron chi connectivity index (χ4n) is 2.99. The van der Waals surface area contributed by atoms with Crippen molar-refractivity contribution < 1.29 is 23.8 Å². The summed E-state index contributed by atoms with van der Waals surface area (Å²) in [6.07, 6.45) is 2.49. The number of nitrogens with zero attached hydrogens (tertiary/aromatic N) is 1. The van der Waals surface area contributed by atoms with Crippen molar-refractivity contribution >= 4 is 28.3 Å². The van der Waals surface area contributed by atoms with Crippen molar-refractivity contribution in [2.75, 3.05) is 33.2 Å². The Hall–Kier alpha value is -3.59. The van der Waals surface area contributed by atoms with Gasteiger partial charge in [-0.15, -0.1) is 11.3 Å². The Kier molecular flexibility index (Phi) is 7.67. The third kappa shape index (κ3) is 5.76. The molecule has 0 aliphatic heterocycles. The fraction of sp³-hybridized carbons (Fsp3) is 0.261. The van der Waals surface area contributed by atoms with Gasteiger partial charge in [0.1, 0.15) is 0 Å². The van der Waals surface area contributed by atoms with E-state index in [9.17, 15) is 9.59 Å². The molecule has 3 rings (SSSR count). The number of aromatic nitrogens is 1. The first-order valence-corrected chi connectivity index (χ1v) is 10.6. The third-order valence-electron chi connectivity index (χ3n) is 4.64. The van der Waals surface area contributed by atoms with Gasteiger partial charge in [0.15, 0.2) is 16.6 Å². The molecule has 0 unspecified atom stereocenters. The number of hydrogen-bond donors (Lipinski definition) is 2. The number of nitrogens with one attached hydrogen (secondary N) is 2. The lowest BCUT2D eigenvalue weighted by Crippen LogP contribution is -2.32. The van der Waals surface area contributed by atoms with E-state index < -0.39 is 5.91 Å². The highest BCUT2D eigenvalue weighted by Crippen LogP contribution is 2.38. The first-order valence-electron chi connectivity index (χ1n) is 9.81. The quantitative estimate of drug-likeness (QED) is 0.513. The van der Waals surface area contributed by atoms with Crippen molar-refractivity contribution in [1.82, 2.24) is 10.3 Å². The molecule has 32 heavy (non-hydrogen) atoms. The summed E-state index contributed by atoms with van der Waals surface area (Å²) < 4.78 is 15.8. The summed E-state index contributed by atoms with van der Waals surface area (Å²) in [6, 6.07) is 11.3. The smallest absolute Gasteiger partial charge is 0.251 e. The van der Waals surface area contributed by atoms with Gasteiger partial charge in [0, 0.05) is 23.1 Å². The van der Waals surface area contributed by atoms with Crippen LogP contribution >= 0.6 is 11.3 Å². The summed E-state index contributed by atoms with van der Waals surface area (Å²) >= 11 is 1.40. The molecule has 0 aliphatic rings. The average Bonchev–Trinajstić information content (AvgIpc) is 3.24. The minimum Gasteiger partial charge on any atom is -0.493 e. The maximum absolute atomic E-state index is 12.5. The van der Waals surface area contributed by atoms with E-state index in [2.05, 4.69) is 39.9 Å². The number of hydrogen-bond acceptors (Lipinski definition) is 7. The Labute approximate surface area is 190 Å². The van der Waals surface area contributed by atoms with Gasteiger partial charge in [-0.3, -0.25) is 9.59 Å². The maximum atomic E-state index is 12.5. The van der Waals surface area contributed by atoms with Crippen LogP contribution in [-0.2, 0) is 11.2 Å². The van der Waals surface area contributed by atoms with Gasteiger partial charge in [0.05, 0.1) is 27.9 Å². The highest BCUT2D eigenvalue weighted by Gasteiger charge is 2.17. The zero-order valence-electron chi connectivity index (χ0n) is 18.4. The van der Waals surface area contributed by atoms with Crippen molar-refractivity contribution in [3.63, 3.8) is 0 Å². The lowest BCUT2D eigenvalue weighted by molar-refractivity contribution is -0.115. The van der Waals surface area contributed by atoms with Crippen molar-refractivity contribution in [3.05, 3.63) is 64.2 Å². The van der Waals surface area contributed by atoms with E-state index in [0.717, 1.165) is 11.3 Å². The molecule has 0 spiro atoms. The van der Waals surface area contributed by atoms with Crippen molar-refractivity contribution in [1.29, 1.82) is 0 Å². The molecule has 0 aliphatic carbocycles. The molecule has 1 aromatic heterocycles. The summed E-state index contributed by atoms with van der Waals surface area (Å²) in [5.41, 5.74) is 2.66. The molecule has 0 radical (unpaired) electrons. The second-order valence-electron chi connectivity index (χ2n) is 6.94. The zero-order chi connectivity index (χ0) is 23.1. The van der Waals surface area contributed by atoms with E-state index >= 15 is 0 Å². The summed E-state index contributed by atoms with van der Waals surface area (Å²) in [7, 11) is 4.41. The van der Waals surface area contributed by atoms with Crippen molar-refractivity contribution in [2.45, 2.75) is 13.3 Å². The molecule has 2 N–H and O–H groups in total.